The average molecular weight is 1570 g/mol. The summed E-state index contributed by atoms with van der Waals surface area (Å²) in [7, 11) is 0. The van der Waals surface area contributed by atoms with Crippen molar-refractivity contribution in [2.75, 3.05) is 31.9 Å². The molecule has 0 unspecified atom stereocenters. The van der Waals surface area contributed by atoms with Crippen LogP contribution in [0.3, 0.4) is 0 Å². The van der Waals surface area contributed by atoms with E-state index in [1.807, 2.05) is 118 Å². The van der Waals surface area contributed by atoms with Crippen molar-refractivity contribution in [3.05, 3.63) is 317 Å². The van der Waals surface area contributed by atoms with Gasteiger partial charge in [0.25, 0.3) is 0 Å². The second kappa shape index (κ2) is 35.4. The van der Waals surface area contributed by atoms with E-state index >= 15 is 0 Å². The number of hydrogen-bond donors (Lipinski definition) is 6. The fourth-order valence-electron chi connectivity index (χ4n) is 11.8. The Morgan fingerprint density at radius 1 is 0.241 bits per heavy atom. The van der Waals surface area contributed by atoms with E-state index in [1.165, 1.54) is 64.0 Å². The van der Waals surface area contributed by atoms with Gasteiger partial charge in [0.15, 0.2) is 30.8 Å². The number of hydrogen-bond acceptors (Lipinski definition) is 18. The SMILES string of the molecule is Cc1csc(Nc2ccc(Cl)c3ccccc23)n1.Cc1csc(Nc2cccc3cc(C)c(C)cc23)n1.Cc1csc(Nc2cccc3ccccc23)n1.Cc1csc(Nc2cccc3ccccc23)n1.Cc1nc(Nc2ccc(Cl)c3ccccc23)sc1C.Cc1nc(Nc2cccc3ccccc23)sc1C. The molecule has 0 aliphatic carbocycles. The molecule has 0 atom stereocenters. The Bertz CT molecular complexity index is 5960. The molecule has 0 fully saturated rings. The van der Waals surface area contributed by atoms with E-state index in [9.17, 15) is 0 Å². The summed E-state index contributed by atoms with van der Waals surface area (Å²) in [6.45, 7) is 20.6. The molecular weight excluding hydrogens is 1490 g/mol. The van der Waals surface area contributed by atoms with Crippen LogP contribution < -0.4 is 31.9 Å². The minimum Gasteiger partial charge on any atom is -0.331 e. The van der Waals surface area contributed by atoms with Crippen LogP contribution in [0, 0.1) is 69.2 Å². The number of nitrogens with one attached hydrogen (secondary N) is 6. The molecule has 108 heavy (non-hydrogen) atoms. The molecule has 0 radical (unpaired) electrons. The zero-order valence-corrected chi connectivity index (χ0v) is 67.5. The maximum Gasteiger partial charge on any atom is 0.187 e. The van der Waals surface area contributed by atoms with Crippen molar-refractivity contribution < 1.29 is 0 Å². The Morgan fingerprint density at radius 2 is 0.509 bits per heavy atom. The number of anilines is 12. The third kappa shape index (κ3) is 19.2. The van der Waals surface area contributed by atoms with E-state index in [1.54, 1.807) is 68.0 Å². The minimum absolute atomic E-state index is 0.770. The van der Waals surface area contributed by atoms with Gasteiger partial charge in [-0.15, -0.1) is 68.0 Å². The van der Waals surface area contributed by atoms with Gasteiger partial charge in [-0.2, -0.15) is 0 Å². The van der Waals surface area contributed by atoms with E-state index in [-0.39, 0.29) is 0 Å². The van der Waals surface area contributed by atoms with Crippen molar-refractivity contribution in [1.82, 2.24) is 29.9 Å². The van der Waals surface area contributed by atoms with E-state index < -0.39 is 0 Å². The van der Waals surface area contributed by atoms with Gasteiger partial charge in [-0.1, -0.05) is 199 Å². The van der Waals surface area contributed by atoms with E-state index in [0.29, 0.717) is 0 Å². The van der Waals surface area contributed by atoms with Gasteiger partial charge in [0.1, 0.15) is 0 Å². The molecule has 6 heterocycles. The standard InChI is InChI=1S/C16H16N2S.C15H13ClN2S.C15H14N2S.C14H11ClN2S.2C14H12N2S/c1-10-7-13-5-4-6-15(14(13)8-11(10)2)18-16-17-12(3)9-19-16;1-9-10(2)19-15(17-9)18-14-8-7-13(16)11-5-3-4-6-12(11)14;1-10-11(2)18-15(16-10)17-14-9-5-7-12-6-3-4-8-13(12)14;1-9-8-18-14(16-9)17-13-7-6-12(15)10-4-2-3-5-11(10)13;2*1-10-9-17-14(15-10)16-13-8-4-6-11-5-2-3-7-12(11)13/h4-9H,1-3H3,(H,17,18);3-8H,1-2H3,(H,17,18);3-9H,1-2H3,(H,16,17);2-8H,1H3,(H,16,17);2*2-9H,1H3,(H,15,16). The molecule has 12 nitrogen and oxygen atoms in total. The van der Waals surface area contributed by atoms with Crippen LogP contribution in [0.2, 0.25) is 10.0 Å². The number of aryl methyl sites for hydroxylation is 10. The van der Waals surface area contributed by atoms with Crippen LogP contribution in [0.25, 0.3) is 64.6 Å². The van der Waals surface area contributed by atoms with E-state index in [2.05, 4.69) is 265 Å². The van der Waals surface area contributed by atoms with Gasteiger partial charge in [-0.05, 0) is 157 Å². The largest absolute Gasteiger partial charge is 0.331 e. The molecule has 0 aliphatic heterocycles. The summed E-state index contributed by atoms with van der Waals surface area (Å²) in [6, 6.07) is 78.7. The number of rotatable bonds is 12. The quantitative estimate of drug-likeness (QED) is 0.0691. The molecule has 6 N–H and O–H groups in total. The predicted molar refractivity (Wildman–Crippen MR) is 473 cm³/mol. The van der Waals surface area contributed by atoms with E-state index in [0.717, 1.165) is 131 Å². The van der Waals surface area contributed by atoms with Crippen LogP contribution >= 0.6 is 91.2 Å². The Morgan fingerprint density at radius 3 is 0.824 bits per heavy atom. The molecular formula is C88H78Cl2N12S6. The zero-order valence-electron chi connectivity index (χ0n) is 61.1. The average Bonchev–Trinajstić information content (AvgIpc) is 1.60. The Balaban J connectivity index is 0.000000114. The monoisotopic (exact) mass is 1560 g/mol. The van der Waals surface area contributed by atoms with Crippen LogP contribution in [0.1, 0.15) is 55.0 Å². The lowest BCUT2D eigenvalue weighted by molar-refractivity contribution is 1.23. The van der Waals surface area contributed by atoms with Crippen molar-refractivity contribution in [1.29, 1.82) is 0 Å². The first-order chi connectivity index (χ1) is 52.4. The molecule has 18 aromatic rings. The summed E-state index contributed by atoms with van der Waals surface area (Å²) < 4.78 is 0. The van der Waals surface area contributed by atoms with Gasteiger partial charge in [-0.3, -0.25) is 0 Å². The van der Waals surface area contributed by atoms with Crippen LogP contribution in [0.15, 0.2) is 252 Å². The minimum atomic E-state index is 0.770. The lowest BCUT2D eigenvalue weighted by Crippen LogP contribution is -1.92. The molecule has 0 saturated heterocycles. The molecule has 12 aromatic carbocycles. The summed E-state index contributed by atoms with van der Waals surface area (Å²) in [5.74, 6) is 0. The number of aromatic nitrogens is 6. The molecule has 0 bridgehead atoms. The molecule has 0 spiro atoms. The first-order valence-electron chi connectivity index (χ1n) is 34.9. The van der Waals surface area contributed by atoms with Crippen LogP contribution in [0.5, 0.6) is 0 Å². The Labute approximate surface area is 663 Å². The van der Waals surface area contributed by atoms with Gasteiger partial charge < -0.3 is 31.9 Å². The second-order valence-corrected chi connectivity index (χ2v) is 32.2. The van der Waals surface area contributed by atoms with Gasteiger partial charge in [0, 0.05) is 119 Å². The van der Waals surface area contributed by atoms with Gasteiger partial charge >= 0.3 is 0 Å². The number of fused-ring (bicyclic) bond motifs is 6. The van der Waals surface area contributed by atoms with Crippen molar-refractivity contribution in [2.24, 2.45) is 0 Å². The van der Waals surface area contributed by atoms with Crippen LogP contribution in [-0.4, -0.2) is 29.9 Å². The molecule has 0 saturated carbocycles. The lowest BCUT2D eigenvalue weighted by atomic mass is 10.0. The first kappa shape index (κ1) is 75.6. The Hall–Kier alpha value is -10.6. The maximum absolute atomic E-state index is 6.22. The van der Waals surface area contributed by atoms with Crippen molar-refractivity contribution >= 4 is 221 Å². The summed E-state index contributed by atoms with van der Waals surface area (Å²) >= 11 is 22.3. The number of halogens is 2. The summed E-state index contributed by atoms with van der Waals surface area (Å²) in [5.41, 5.74) is 15.5. The fraction of sp³-hybridized carbons (Fsp3) is 0.114. The molecule has 0 aliphatic rings. The van der Waals surface area contributed by atoms with Crippen LogP contribution in [0.4, 0.5) is 64.9 Å². The Kier molecular flexibility index (Phi) is 24.8. The molecule has 540 valence electrons. The topological polar surface area (TPSA) is 150 Å². The molecule has 18 rings (SSSR count). The number of thiazole rings is 6. The van der Waals surface area contributed by atoms with Crippen molar-refractivity contribution in [3.63, 3.8) is 0 Å². The number of benzene rings is 12. The highest BCUT2D eigenvalue weighted by atomic mass is 35.5. The zero-order chi connectivity index (χ0) is 75.2. The third-order valence-corrected chi connectivity index (χ3v) is 23.7. The first-order valence-corrected chi connectivity index (χ1v) is 40.8. The number of nitrogens with zero attached hydrogens (tertiary/aromatic N) is 6. The maximum atomic E-state index is 6.22. The normalized spacial score (nSPS) is 10.8. The van der Waals surface area contributed by atoms with E-state index in [4.69, 9.17) is 23.2 Å². The summed E-state index contributed by atoms with van der Waals surface area (Å²) in [5, 5.41) is 49.9. The predicted octanol–water partition coefficient (Wildman–Crippen LogP) is 28.6. The molecule has 6 aromatic heterocycles. The van der Waals surface area contributed by atoms with Crippen molar-refractivity contribution in [2.45, 2.75) is 69.2 Å². The molecule has 20 heteroatoms. The highest BCUT2D eigenvalue weighted by Gasteiger charge is 2.13. The second-order valence-electron chi connectivity index (χ2n) is 25.6. The highest BCUT2D eigenvalue weighted by Crippen LogP contribution is 2.38. The summed E-state index contributed by atoms with van der Waals surface area (Å²) in [4.78, 5) is 29.2. The smallest absolute Gasteiger partial charge is 0.187 e. The van der Waals surface area contributed by atoms with Gasteiger partial charge in [-0.25, -0.2) is 29.9 Å². The lowest BCUT2D eigenvalue weighted by Gasteiger charge is -2.10. The highest BCUT2D eigenvalue weighted by molar-refractivity contribution is 7.16. The van der Waals surface area contributed by atoms with Gasteiger partial charge in [0.2, 0.25) is 0 Å². The van der Waals surface area contributed by atoms with Crippen molar-refractivity contribution in [3.8, 4) is 0 Å². The fourth-order valence-corrected chi connectivity index (χ4v) is 16.7. The molecule has 0 amide bonds. The third-order valence-electron chi connectivity index (χ3n) is 17.6. The van der Waals surface area contributed by atoms with Gasteiger partial charge in [0.05, 0.1) is 34.2 Å². The van der Waals surface area contributed by atoms with Crippen LogP contribution in [-0.2, 0) is 0 Å². The summed E-state index contributed by atoms with van der Waals surface area (Å²) in [6.07, 6.45) is 0.